The van der Waals surface area contributed by atoms with Crippen LogP contribution in [0.4, 0.5) is 14.0 Å². The highest BCUT2D eigenvalue weighted by molar-refractivity contribution is 6.01. The van der Waals surface area contributed by atoms with Crippen molar-refractivity contribution in [2.75, 3.05) is 13.7 Å². The van der Waals surface area contributed by atoms with Crippen molar-refractivity contribution in [1.29, 1.82) is 0 Å². The maximum absolute atomic E-state index is 14.8. The van der Waals surface area contributed by atoms with Crippen molar-refractivity contribution in [2.24, 2.45) is 5.73 Å². The molecule has 2 unspecified atom stereocenters. The molecule has 3 atom stereocenters. The van der Waals surface area contributed by atoms with Crippen LogP contribution in [0.3, 0.4) is 0 Å². The molecule has 4 amide bonds. The van der Waals surface area contributed by atoms with E-state index in [1.54, 1.807) is 43.3 Å². The van der Waals surface area contributed by atoms with Crippen LogP contribution in [0.1, 0.15) is 30.1 Å². The Bertz CT molecular complexity index is 953. The van der Waals surface area contributed by atoms with Gasteiger partial charge in [-0.3, -0.25) is 9.69 Å². The number of benzene rings is 2. The molecule has 1 fully saturated rings. The average molecular weight is 415 g/mol. The molecule has 9 heteroatoms. The van der Waals surface area contributed by atoms with Gasteiger partial charge in [-0.25, -0.2) is 14.0 Å². The molecule has 8 nitrogen and oxygen atoms in total. The Kier molecular flexibility index (Phi) is 6.20. The lowest BCUT2D eigenvalue weighted by molar-refractivity contribution is -0.133. The Labute approximate surface area is 172 Å². The number of nitrogens with zero attached hydrogens (tertiary/aromatic N) is 1. The maximum Gasteiger partial charge on any atom is 0.405 e. The van der Waals surface area contributed by atoms with Crippen LogP contribution in [-0.2, 0) is 9.53 Å². The highest BCUT2D eigenvalue weighted by atomic mass is 19.1. The summed E-state index contributed by atoms with van der Waals surface area (Å²) in [5, 5.41) is 2.67. The number of primary amides is 1. The molecule has 2 aromatic rings. The SMILES string of the molecule is COc1cccc(C2C(=O)N(C[C@H](OC(N)=O)c3ccccc3)C(=O)NC2C)c1F. The van der Waals surface area contributed by atoms with E-state index in [0.717, 1.165) is 4.90 Å². The number of hydrogen-bond donors (Lipinski definition) is 2. The summed E-state index contributed by atoms with van der Waals surface area (Å²) in [4.78, 5) is 38.1. The average Bonchev–Trinajstić information content (AvgIpc) is 2.71. The predicted molar refractivity (Wildman–Crippen MR) is 105 cm³/mol. The Morgan fingerprint density at radius 2 is 1.90 bits per heavy atom. The monoisotopic (exact) mass is 415 g/mol. The van der Waals surface area contributed by atoms with Gasteiger partial charge in [0, 0.05) is 11.6 Å². The van der Waals surface area contributed by atoms with Crippen molar-refractivity contribution in [3.8, 4) is 5.75 Å². The zero-order valence-electron chi connectivity index (χ0n) is 16.5. The van der Waals surface area contributed by atoms with E-state index in [2.05, 4.69) is 5.32 Å². The molecule has 0 bridgehead atoms. The quantitative estimate of drug-likeness (QED) is 0.754. The molecule has 1 aliphatic heterocycles. The number of halogens is 1. The minimum absolute atomic E-state index is 0.00447. The van der Waals surface area contributed by atoms with Gasteiger partial charge in [-0.05, 0) is 18.6 Å². The molecule has 1 saturated heterocycles. The minimum atomic E-state index is -1.04. The molecule has 0 saturated carbocycles. The first-order valence-electron chi connectivity index (χ1n) is 9.28. The van der Waals surface area contributed by atoms with Crippen LogP contribution in [0, 0.1) is 5.82 Å². The summed E-state index contributed by atoms with van der Waals surface area (Å²) < 4.78 is 25.0. The zero-order chi connectivity index (χ0) is 21.8. The largest absolute Gasteiger partial charge is 0.494 e. The van der Waals surface area contributed by atoms with E-state index in [1.807, 2.05) is 0 Å². The number of nitrogens with one attached hydrogen (secondary N) is 1. The van der Waals surface area contributed by atoms with Crippen LogP contribution < -0.4 is 15.8 Å². The van der Waals surface area contributed by atoms with Gasteiger partial charge in [0.25, 0.3) is 0 Å². The number of rotatable bonds is 6. The van der Waals surface area contributed by atoms with Crippen molar-refractivity contribution >= 4 is 18.0 Å². The predicted octanol–water partition coefficient (Wildman–Crippen LogP) is 2.69. The standard InChI is InChI=1S/C21H22FN3O5/c1-12-17(14-9-6-10-15(29-2)18(14)22)19(26)25(21(28)24-12)11-16(30-20(23)27)13-7-4-3-5-8-13/h3-10,12,16-17H,11H2,1-2H3,(H2,23,27)(H,24,28)/t12?,16-,17?/m0/s1. The topological polar surface area (TPSA) is 111 Å². The van der Waals surface area contributed by atoms with Gasteiger partial charge < -0.3 is 20.5 Å². The van der Waals surface area contributed by atoms with Crippen molar-refractivity contribution in [3.63, 3.8) is 0 Å². The molecule has 0 aromatic heterocycles. The van der Waals surface area contributed by atoms with Crippen LogP contribution in [0.5, 0.6) is 5.75 Å². The highest BCUT2D eigenvalue weighted by Gasteiger charge is 2.42. The summed E-state index contributed by atoms with van der Waals surface area (Å²) in [7, 11) is 1.33. The van der Waals surface area contributed by atoms with Gasteiger partial charge in [0.15, 0.2) is 11.6 Å². The lowest BCUT2D eigenvalue weighted by atomic mass is 9.88. The Hall–Kier alpha value is -3.62. The number of imide groups is 1. The van der Waals surface area contributed by atoms with Crippen LogP contribution >= 0.6 is 0 Å². The molecule has 2 aromatic carbocycles. The van der Waals surface area contributed by atoms with Crippen LogP contribution in [0.2, 0.25) is 0 Å². The van der Waals surface area contributed by atoms with Crippen molar-refractivity contribution in [1.82, 2.24) is 10.2 Å². The number of methoxy groups -OCH3 is 1. The molecule has 3 N–H and O–H groups in total. The van der Waals surface area contributed by atoms with Gasteiger partial charge in [0.2, 0.25) is 5.91 Å². The molecule has 30 heavy (non-hydrogen) atoms. The normalized spacial score (nSPS) is 19.8. The van der Waals surface area contributed by atoms with E-state index in [9.17, 15) is 18.8 Å². The third kappa shape index (κ3) is 4.19. The first kappa shape index (κ1) is 21.1. The van der Waals surface area contributed by atoms with E-state index in [1.165, 1.54) is 19.2 Å². The number of urea groups is 1. The molecule has 3 rings (SSSR count). The second-order valence-corrected chi connectivity index (χ2v) is 6.86. The fraction of sp³-hybridized carbons (Fsp3) is 0.286. The van der Waals surface area contributed by atoms with E-state index in [-0.39, 0.29) is 17.9 Å². The molecular weight excluding hydrogens is 393 g/mol. The maximum atomic E-state index is 14.8. The third-order valence-corrected chi connectivity index (χ3v) is 4.95. The number of hydrogen-bond acceptors (Lipinski definition) is 5. The fourth-order valence-corrected chi connectivity index (χ4v) is 3.52. The Morgan fingerprint density at radius 1 is 1.20 bits per heavy atom. The number of ether oxygens (including phenoxy) is 2. The Balaban J connectivity index is 1.93. The minimum Gasteiger partial charge on any atom is -0.494 e. The number of amides is 4. The van der Waals surface area contributed by atoms with Crippen molar-refractivity contribution in [3.05, 3.63) is 65.5 Å². The van der Waals surface area contributed by atoms with Crippen molar-refractivity contribution < 1.29 is 28.2 Å². The molecule has 158 valence electrons. The lowest BCUT2D eigenvalue weighted by Gasteiger charge is -2.37. The lowest BCUT2D eigenvalue weighted by Crippen LogP contribution is -2.59. The summed E-state index contributed by atoms with van der Waals surface area (Å²) in [6.45, 7) is 1.34. The Morgan fingerprint density at radius 3 is 2.53 bits per heavy atom. The summed E-state index contributed by atoms with van der Waals surface area (Å²) in [6.07, 6.45) is -2.01. The van der Waals surface area contributed by atoms with E-state index >= 15 is 0 Å². The summed E-state index contributed by atoms with van der Waals surface area (Å²) in [5.41, 5.74) is 5.82. The molecule has 1 heterocycles. The van der Waals surface area contributed by atoms with Gasteiger partial charge in [-0.15, -0.1) is 0 Å². The summed E-state index contributed by atoms with van der Waals surface area (Å²) in [6, 6.07) is 11.7. The molecule has 0 radical (unpaired) electrons. The van der Waals surface area contributed by atoms with Gasteiger partial charge in [-0.2, -0.15) is 0 Å². The number of nitrogens with two attached hydrogens (primary N) is 1. The van der Waals surface area contributed by atoms with Gasteiger partial charge in [0.05, 0.1) is 19.6 Å². The molecule has 0 spiro atoms. The zero-order valence-corrected chi connectivity index (χ0v) is 16.5. The first-order chi connectivity index (χ1) is 14.3. The number of carbonyl (C=O) groups is 3. The second-order valence-electron chi connectivity index (χ2n) is 6.86. The molecule has 1 aliphatic rings. The smallest absolute Gasteiger partial charge is 0.405 e. The van der Waals surface area contributed by atoms with E-state index in [4.69, 9.17) is 15.2 Å². The van der Waals surface area contributed by atoms with Crippen molar-refractivity contribution in [2.45, 2.75) is 25.0 Å². The van der Waals surface area contributed by atoms with Crippen LogP contribution in [0.25, 0.3) is 0 Å². The molecule has 0 aliphatic carbocycles. The number of carbonyl (C=O) groups excluding carboxylic acids is 3. The summed E-state index contributed by atoms with van der Waals surface area (Å²) >= 11 is 0. The molecular formula is C21H22FN3O5. The highest BCUT2D eigenvalue weighted by Crippen LogP contribution is 2.33. The second kappa shape index (κ2) is 8.81. The van der Waals surface area contributed by atoms with Gasteiger partial charge in [0.1, 0.15) is 6.10 Å². The van der Waals surface area contributed by atoms with Gasteiger partial charge in [-0.1, -0.05) is 42.5 Å². The van der Waals surface area contributed by atoms with E-state index in [0.29, 0.717) is 5.56 Å². The first-order valence-corrected chi connectivity index (χ1v) is 9.28. The van der Waals surface area contributed by atoms with Crippen LogP contribution in [0.15, 0.2) is 48.5 Å². The fourth-order valence-electron chi connectivity index (χ4n) is 3.52. The van der Waals surface area contributed by atoms with Gasteiger partial charge >= 0.3 is 12.1 Å². The summed E-state index contributed by atoms with van der Waals surface area (Å²) in [5.74, 6) is -2.28. The van der Waals surface area contributed by atoms with E-state index < -0.39 is 41.9 Å². The van der Waals surface area contributed by atoms with Crippen LogP contribution in [-0.4, -0.2) is 42.6 Å². The third-order valence-electron chi connectivity index (χ3n) is 4.95.